The van der Waals surface area contributed by atoms with Gasteiger partial charge in [0.2, 0.25) is 0 Å². The third-order valence-corrected chi connectivity index (χ3v) is 4.13. The zero-order valence-corrected chi connectivity index (χ0v) is 14.7. The minimum absolute atomic E-state index is 4.03. The van der Waals surface area contributed by atoms with Crippen molar-refractivity contribution in [2.45, 2.75) is 61.2 Å². The first-order chi connectivity index (χ1) is 14.2. The van der Waals surface area contributed by atoms with Gasteiger partial charge in [-0.15, -0.1) is 0 Å². The van der Waals surface area contributed by atoms with E-state index in [1.165, 1.54) is 0 Å². The van der Waals surface area contributed by atoms with Gasteiger partial charge in [0.05, 0.1) is 17.4 Å². The van der Waals surface area contributed by atoms with Gasteiger partial charge in [0.1, 0.15) is 0 Å². The standard InChI is InChI=1S/C13H8F16O4/c14-3(15)10(22,23)12(26,27)8(18,19)1-7(5(30)31,6(32)33)2-9(20,21)13(28,29)11(24,25)4(16)17/h3-4H,1-2H2,(H,30,31)(H,32,33)/p-2. The largest absolute Gasteiger partial charge is 0.549 e. The lowest BCUT2D eigenvalue weighted by Crippen LogP contribution is -2.66. The Labute approximate surface area is 170 Å². The fourth-order valence-electron chi connectivity index (χ4n) is 2.18. The van der Waals surface area contributed by atoms with Crippen LogP contribution in [0.4, 0.5) is 70.2 Å². The van der Waals surface area contributed by atoms with Crippen molar-refractivity contribution < 1.29 is 90.0 Å². The lowest BCUT2D eigenvalue weighted by molar-refractivity contribution is -0.377. The molecule has 0 atom stereocenters. The van der Waals surface area contributed by atoms with Crippen LogP contribution in [0.25, 0.3) is 0 Å². The number of carbonyl (C=O) groups is 2. The number of halogens is 16. The third kappa shape index (κ3) is 4.73. The number of aliphatic carboxylic acids is 2. The number of hydrogen-bond acceptors (Lipinski definition) is 4. The van der Waals surface area contributed by atoms with Crippen molar-refractivity contribution >= 4 is 11.9 Å². The average Bonchev–Trinajstić information content (AvgIpc) is 2.59. The van der Waals surface area contributed by atoms with Crippen LogP contribution in [0.15, 0.2) is 0 Å². The predicted octanol–water partition coefficient (Wildman–Crippen LogP) is 2.59. The highest BCUT2D eigenvalue weighted by Gasteiger charge is 2.79. The van der Waals surface area contributed by atoms with Crippen LogP contribution in [0.3, 0.4) is 0 Å². The Bertz CT molecular complexity index is 685. The molecule has 0 aliphatic heterocycles. The summed E-state index contributed by atoms with van der Waals surface area (Å²) >= 11 is 0. The lowest BCUT2D eigenvalue weighted by atomic mass is 9.73. The summed E-state index contributed by atoms with van der Waals surface area (Å²) < 4.78 is 207. The number of carbonyl (C=O) groups excluding carboxylic acids is 2. The summed E-state index contributed by atoms with van der Waals surface area (Å²) in [5.74, 6) is -51.5. The molecule has 0 heterocycles. The molecule has 0 amide bonds. The van der Waals surface area contributed by atoms with Gasteiger partial charge in [-0.3, -0.25) is 0 Å². The fraction of sp³-hybridized carbons (Fsp3) is 0.846. The van der Waals surface area contributed by atoms with E-state index < -0.39 is 78.6 Å². The maximum absolute atomic E-state index is 13.7. The quantitative estimate of drug-likeness (QED) is 0.287. The minimum Gasteiger partial charge on any atom is -0.549 e. The van der Waals surface area contributed by atoms with E-state index in [9.17, 15) is 90.0 Å². The SMILES string of the molecule is O=C([O-])C(CC(F)(F)C(F)(F)C(F)(F)C(F)F)(CC(F)(F)C(F)(F)C(F)(F)C(F)F)C(=O)[O-]. The van der Waals surface area contributed by atoms with Gasteiger partial charge >= 0.3 is 48.4 Å². The van der Waals surface area contributed by atoms with Crippen LogP contribution in [-0.4, -0.2) is 60.3 Å². The molecule has 33 heavy (non-hydrogen) atoms. The van der Waals surface area contributed by atoms with Crippen molar-refractivity contribution in [1.29, 1.82) is 0 Å². The van der Waals surface area contributed by atoms with E-state index >= 15 is 0 Å². The highest BCUT2D eigenvalue weighted by molar-refractivity contribution is 5.96. The van der Waals surface area contributed by atoms with Crippen LogP contribution >= 0.6 is 0 Å². The van der Waals surface area contributed by atoms with Crippen LogP contribution in [0.5, 0.6) is 0 Å². The zero-order valence-electron chi connectivity index (χ0n) is 14.7. The molecule has 196 valence electrons. The molecule has 0 rings (SSSR count). The van der Waals surface area contributed by atoms with E-state index in [-0.39, 0.29) is 0 Å². The highest BCUT2D eigenvalue weighted by atomic mass is 19.4. The van der Waals surface area contributed by atoms with Gasteiger partial charge in [-0.2, -0.15) is 52.7 Å². The van der Waals surface area contributed by atoms with E-state index in [1.807, 2.05) is 0 Å². The van der Waals surface area contributed by atoms with Crippen LogP contribution in [-0.2, 0) is 9.59 Å². The second-order valence-electron chi connectivity index (χ2n) is 6.42. The summed E-state index contributed by atoms with van der Waals surface area (Å²) in [5.41, 5.74) is -5.71. The van der Waals surface area contributed by atoms with Crippen molar-refractivity contribution in [2.24, 2.45) is 5.41 Å². The first kappa shape index (κ1) is 30.8. The lowest BCUT2D eigenvalue weighted by Gasteiger charge is -2.44. The summed E-state index contributed by atoms with van der Waals surface area (Å²) in [7, 11) is 0. The Kier molecular flexibility index (Phi) is 7.99. The van der Waals surface area contributed by atoms with Gasteiger partial charge in [-0.1, -0.05) is 0 Å². The molecule has 20 heteroatoms. The first-order valence-corrected chi connectivity index (χ1v) is 7.45. The number of hydrogen-bond donors (Lipinski definition) is 0. The van der Waals surface area contributed by atoms with Gasteiger partial charge in [0.25, 0.3) is 0 Å². The number of carboxylic acid groups (broad SMARTS) is 2. The Hall–Kier alpha value is -2.18. The van der Waals surface area contributed by atoms with Crippen molar-refractivity contribution in [1.82, 2.24) is 0 Å². The monoisotopic (exact) mass is 530 g/mol. The third-order valence-electron chi connectivity index (χ3n) is 4.13. The topological polar surface area (TPSA) is 80.3 Å². The summed E-state index contributed by atoms with van der Waals surface area (Å²) in [6.07, 6.45) is -19.7. The van der Waals surface area contributed by atoms with Crippen LogP contribution in [0.1, 0.15) is 12.8 Å². The van der Waals surface area contributed by atoms with Gasteiger partial charge in [-0.05, 0) is 0 Å². The normalized spacial score (nSPS) is 15.3. The molecule has 0 spiro atoms. The van der Waals surface area contributed by atoms with E-state index in [0.29, 0.717) is 0 Å². The molecular weight excluding hydrogens is 524 g/mol. The molecule has 0 aromatic heterocycles. The van der Waals surface area contributed by atoms with Crippen LogP contribution in [0.2, 0.25) is 0 Å². The van der Waals surface area contributed by atoms with Crippen molar-refractivity contribution in [3.8, 4) is 0 Å². The fourth-order valence-corrected chi connectivity index (χ4v) is 2.18. The predicted molar refractivity (Wildman–Crippen MR) is 63.4 cm³/mol. The second kappa shape index (κ2) is 8.55. The molecule has 0 radical (unpaired) electrons. The maximum atomic E-state index is 13.7. The highest BCUT2D eigenvalue weighted by Crippen LogP contribution is 2.57. The Morgan fingerprint density at radius 3 is 0.909 bits per heavy atom. The second-order valence-corrected chi connectivity index (χ2v) is 6.42. The Morgan fingerprint density at radius 2 is 0.758 bits per heavy atom. The molecule has 0 saturated carbocycles. The maximum Gasteiger partial charge on any atom is 0.377 e. The molecule has 0 aromatic carbocycles. The molecule has 0 aliphatic carbocycles. The molecular formula is C13H6F16O4-2. The molecule has 0 aliphatic rings. The van der Waals surface area contributed by atoms with Gasteiger partial charge in [-0.25, -0.2) is 17.6 Å². The van der Waals surface area contributed by atoms with E-state index in [4.69, 9.17) is 0 Å². The molecule has 0 aromatic rings. The average molecular weight is 530 g/mol. The van der Waals surface area contributed by atoms with Crippen LogP contribution in [0, 0.1) is 5.41 Å². The zero-order chi connectivity index (χ0) is 27.2. The van der Waals surface area contributed by atoms with Gasteiger partial charge in [0.15, 0.2) is 0 Å². The number of rotatable bonds is 12. The molecule has 0 bridgehead atoms. The van der Waals surface area contributed by atoms with Crippen LogP contribution < -0.4 is 10.2 Å². The summed E-state index contributed by atoms with van der Waals surface area (Å²) in [6, 6.07) is 0. The molecule has 0 fully saturated rings. The smallest absolute Gasteiger partial charge is 0.377 e. The summed E-state index contributed by atoms with van der Waals surface area (Å²) in [4.78, 5) is 21.8. The van der Waals surface area contributed by atoms with E-state index in [0.717, 1.165) is 0 Å². The number of carboxylic acids is 2. The number of alkyl halides is 16. The molecule has 0 N–H and O–H groups in total. The van der Waals surface area contributed by atoms with E-state index in [1.54, 1.807) is 0 Å². The van der Waals surface area contributed by atoms with Gasteiger partial charge in [0, 0.05) is 12.8 Å². The van der Waals surface area contributed by atoms with Crippen molar-refractivity contribution in [3.05, 3.63) is 0 Å². The summed E-state index contributed by atoms with van der Waals surface area (Å²) in [5, 5.41) is 21.8. The molecule has 4 nitrogen and oxygen atoms in total. The molecule has 0 unspecified atom stereocenters. The van der Waals surface area contributed by atoms with Gasteiger partial charge < -0.3 is 19.8 Å². The summed E-state index contributed by atoms with van der Waals surface area (Å²) in [6.45, 7) is 0. The minimum atomic E-state index is -7.48. The van der Waals surface area contributed by atoms with Crippen molar-refractivity contribution in [2.75, 3.05) is 0 Å². The van der Waals surface area contributed by atoms with Crippen molar-refractivity contribution in [3.63, 3.8) is 0 Å². The molecule has 0 saturated heterocycles. The Balaban J connectivity index is 6.78. The van der Waals surface area contributed by atoms with E-state index in [2.05, 4.69) is 0 Å². The first-order valence-electron chi connectivity index (χ1n) is 7.45. The Morgan fingerprint density at radius 1 is 0.545 bits per heavy atom.